The SMILES string of the molecule is CO[C@@H](C(=O)N[C@H]1CC[C@@H](OC(=O)OC2CCCCC2)CNC1=O)[C@H](O)[C@@H](O)[C@H](O)/C=C/C(C)(C)C=O. The van der Waals surface area contributed by atoms with Gasteiger partial charge >= 0.3 is 6.16 Å². The third kappa shape index (κ3) is 9.69. The summed E-state index contributed by atoms with van der Waals surface area (Å²) in [6.45, 7) is 3.23. The van der Waals surface area contributed by atoms with E-state index in [9.17, 15) is 34.5 Å². The van der Waals surface area contributed by atoms with Crippen LogP contribution in [-0.4, -0.2) is 95.9 Å². The quantitative estimate of drug-likeness (QED) is 0.140. The summed E-state index contributed by atoms with van der Waals surface area (Å²) in [4.78, 5) is 48.4. The van der Waals surface area contributed by atoms with Gasteiger partial charge < -0.3 is 45.0 Å². The lowest BCUT2D eigenvalue weighted by molar-refractivity contribution is -0.150. The van der Waals surface area contributed by atoms with E-state index in [1.807, 2.05) is 0 Å². The minimum absolute atomic E-state index is 0.0513. The Morgan fingerprint density at radius 2 is 1.68 bits per heavy atom. The van der Waals surface area contributed by atoms with Gasteiger partial charge in [0.1, 0.15) is 42.8 Å². The molecule has 2 fully saturated rings. The molecule has 0 bridgehead atoms. The van der Waals surface area contributed by atoms with Crippen LogP contribution in [-0.2, 0) is 28.6 Å². The number of allylic oxidation sites excluding steroid dienone is 1. The second-order valence-corrected chi connectivity index (χ2v) is 10.2. The van der Waals surface area contributed by atoms with Crippen LogP contribution in [0.5, 0.6) is 0 Å². The topological polar surface area (TPSA) is 181 Å². The van der Waals surface area contributed by atoms with Crippen LogP contribution < -0.4 is 10.6 Å². The van der Waals surface area contributed by atoms with Crippen molar-refractivity contribution in [2.24, 2.45) is 5.41 Å². The van der Waals surface area contributed by atoms with E-state index >= 15 is 0 Å². The van der Waals surface area contributed by atoms with E-state index in [0.717, 1.165) is 45.3 Å². The summed E-state index contributed by atoms with van der Waals surface area (Å²) in [5, 5.41) is 36.0. The highest BCUT2D eigenvalue weighted by Gasteiger charge is 2.38. The number of hydrogen-bond donors (Lipinski definition) is 5. The Hall–Kier alpha value is -2.54. The fourth-order valence-corrected chi connectivity index (χ4v) is 4.18. The Morgan fingerprint density at radius 1 is 1.03 bits per heavy atom. The van der Waals surface area contributed by atoms with Crippen molar-refractivity contribution >= 4 is 24.3 Å². The molecule has 1 saturated heterocycles. The van der Waals surface area contributed by atoms with Gasteiger partial charge in [-0.25, -0.2) is 4.79 Å². The zero-order valence-electron chi connectivity index (χ0n) is 21.6. The van der Waals surface area contributed by atoms with Crippen molar-refractivity contribution in [3.63, 3.8) is 0 Å². The van der Waals surface area contributed by atoms with Crippen LogP contribution in [0.2, 0.25) is 0 Å². The molecular formula is C25H40N2O10. The summed E-state index contributed by atoms with van der Waals surface area (Å²) >= 11 is 0. The molecule has 2 amide bonds. The first-order chi connectivity index (χ1) is 17.5. The number of hydrogen-bond acceptors (Lipinski definition) is 10. The van der Waals surface area contributed by atoms with Crippen LogP contribution in [0.25, 0.3) is 0 Å². The molecule has 2 aliphatic rings. The van der Waals surface area contributed by atoms with Gasteiger partial charge in [-0.05, 0) is 52.4 Å². The molecule has 0 aromatic rings. The molecule has 0 spiro atoms. The highest BCUT2D eigenvalue weighted by atomic mass is 16.7. The number of aldehydes is 1. The van der Waals surface area contributed by atoms with E-state index in [4.69, 9.17) is 14.2 Å². The van der Waals surface area contributed by atoms with E-state index in [0.29, 0.717) is 6.29 Å². The Labute approximate surface area is 216 Å². The third-order valence-electron chi connectivity index (χ3n) is 6.54. The maximum atomic E-state index is 12.8. The molecule has 0 aromatic carbocycles. The van der Waals surface area contributed by atoms with Crippen LogP contribution in [0.4, 0.5) is 4.79 Å². The van der Waals surface area contributed by atoms with Crippen molar-refractivity contribution in [2.45, 2.75) is 101 Å². The monoisotopic (exact) mass is 528 g/mol. The van der Waals surface area contributed by atoms with Gasteiger partial charge in [-0.2, -0.15) is 0 Å². The predicted octanol–water partition coefficient (Wildman–Crippen LogP) is 0.115. The van der Waals surface area contributed by atoms with Crippen molar-refractivity contribution in [3.8, 4) is 0 Å². The molecule has 0 radical (unpaired) electrons. The molecule has 5 N–H and O–H groups in total. The molecule has 1 aliphatic heterocycles. The summed E-state index contributed by atoms with van der Waals surface area (Å²) in [7, 11) is 1.13. The van der Waals surface area contributed by atoms with Crippen LogP contribution >= 0.6 is 0 Å². The highest BCUT2D eigenvalue weighted by Crippen LogP contribution is 2.21. The number of methoxy groups -OCH3 is 1. The number of ether oxygens (including phenoxy) is 3. The smallest absolute Gasteiger partial charge is 0.431 e. The normalized spacial score (nSPS) is 24.8. The molecule has 1 heterocycles. The second-order valence-electron chi connectivity index (χ2n) is 10.2. The standard InChI is InChI=1S/C25H40N2O10/c1-25(2,14-28)12-11-18(29)19(30)20(31)21(35-3)23(33)27-17-10-9-16(13-26-22(17)32)37-24(34)36-15-7-5-4-6-8-15/h11-12,14-21,29-31H,4-10,13H2,1-3H3,(H,26,32)(H,27,33)/b12-11+/t16-,17+,18-,19+,20-,21-/m1/s1. The van der Waals surface area contributed by atoms with Gasteiger partial charge in [0.2, 0.25) is 5.91 Å². The zero-order valence-corrected chi connectivity index (χ0v) is 21.6. The van der Waals surface area contributed by atoms with Crippen molar-refractivity contribution in [2.75, 3.05) is 13.7 Å². The van der Waals surface area contributed by atoms with E-state index in [1.54, 1.807) is 13.8 Å². The van der Waals surface area contributed by atoms with Gasteiger partial charge in [0.05, 0.1) is 6.54 Å². The van der Waals surface area contributed by atoms with E-state index in [2.05, 4.69) is 10.6 Å². The third-order valence-corrected chi connectivity index (χ3v) is 6.54. The average Bonchev–Trinajstić information content (AvgIpc) is 3.04. The summed E-state index contributed by atoms with van der Waals surface area (Å²) in [5.41, 5.74) is -0.898. The first kappa shape index (κ1) is 30.7. The fraction of sp³-hybridized carbons (Fsp3) is 0.760. The number of rotatable bonds is 11. The fourth-order valence-electron chi connectivity index (χ4n) is 4.18. The summed E-state index contributed by atoms with van der Waals surface area (Å²) in [5.74, 6) is -1.39. The first-order valence-corrected chi connectivity index (χ1v) is 12.7. The predicted molar refractivity (Wildman–Crippen MR) is 130 cm³/mol. The minimum atomic E-state index is -1.84. The molecule has 1 aliphatic carbocycles. The minimum Gasteiger partial charge on any atom is -0.431 e. The summed E-state index contributed by atoms with van der Waals surface area (Å²) in [6.07, 6.45) is -0.146. The van der Waals surface area contributed by atoms with Crippen LogP contribution in [0.15, 0.2) is 12.2 Å². The molecule has 0 aromatic heterocycles. The van der Waals surface area contributed by atoms with Crippen LogP contribution in [0.3, 0.4) is 0 Å². The number of amides is 2. The molecular weight excluding hydrogens is 488 g/mol. The summed E-state index contributed by atoms with van der Waals surface area (Å²) < 4.78 is 15.7. The lowest BCUT2D eigenvalue weighted by Crippen LogP contribution is -2.55. The molecule has 12 nitrogen and oxygen atoms in total. The molecule has 37 heavy (non-hydrogen) atoms. The second kappa shape index (κ2) is 14.4. The number of aliphatic hydroxyl groups excluding tert-OH is 3. The average molecular weight is 529 g/mol. The molecule has 12 heteroatoms. The Bertz CT molecular complexity index is 811. The number of aliphatic hydroxyl groups is 3. The van der Waals surface area contributed by atoms with Gasteiger partial charge in [-0.1, -0.05) is 18.6 Å². The van der Waals surface area contributed by atoms with E-state index in [-0.39, 0.29) is 25.5 Å². The number of nitrogens with one attached hydrogen (secondary N) is 2. The number of carbonyl (C=O) groups excluding carboxylic acids is 4. The van der Waals surface area contributed by atoms with Gasteiger partial charge in [0, 0.05) is 12.5 Å². The van der Waals surface area contributed by atoms with E-state index in [1.165, 1.54) is 6.08 Å². The van der Waals surface area contributed by atoms with Gasteiger partial charge in [-0.15, -0.1) is 0 Å². The molecule has 0 unspecified atom stereocenters. The highest BCUT2D eigenvalue weighted by molar-refractivity contribution is 5.89. The molecule has 2 rings (SSSR count). The van der Waals surface area contributed by atoms with Gasteiger partial charge in [0.25, 0.3) is 5.91 Å². The Balaban J connectivity index is 1.90. The lowest BCUT2D eigenvalue weighted by Gasteiger charge is -2.28. The van der Waals surface area contributed by atoms with Crippen molar-refractivity contribution in [1.82, 2.24) is 10.6 Å². The Morgan fingerprint density at radius 3 is 2.30 bits per heavy atom. The van der Waals surface area contributed by atoms with Crippen molar-refractivity contribution in [1.29, 1.82) is 0 Å². The Kier molecular flexibility index (Phi) is 12.0. The maximum Gasteiger partial charge on any atom is 0.508 e. The van der Waals surface area contributed by atoms with Crippen molar-refractivity contribution < 1.29 is 48.7 Å². The summed E-state index contributed by atoms with van der Waals surface area (Å²) in [6, 6.07) is -1.00. The van der Waals surface area contributed by atoms with Crippen molar-refractivity contribution in [3.05, 3.63) is 12.2 Å². The largest absolute Gasteiger partial charge is 0.508 e. The number of carbonyl (C=O) groups is 4. The van der Waals surface area contributed by atoms with Crippen LogP contribution in [0, 0.1) is 5.41 Å². The molecule has 1 saturated carbocycles. The first-order valence-electron chi connectivity index (χ1n) is 12.7. The molecule has 210 valence electrons. The van der Waals surface area contributed by atoms with Gasteiger partial charge in [-0.3, -0.25) is 9.59 Å². The zero-order chi connectivity index (χ0) is 27.6. The molecule has 6 atom stereocenters. The van der Waals surface area contributed by atoms with Gasteiger partial charge in [0.15, 0.2) is 6.10 Å². The lowest BCUT2D eigenvalue weighted by atomic mass is 9.93. The van der Waals surface area contributed by atoms with Crippen LogP contribution in [0.1, 0.15) is 58.8 Å². The van der Waals surface area contributed by atoms with E-state index < -0.39 is 59.9 Å². The maximum absolute atomic E-state index is 12.8.